The Morgan fingerprint density at radius 2 is 1.88 bits per heavy atom. The number of urea groups is 1. The Morgan fingerprint density at radius 3 is 2.42 bits per heavy atom. The number of nitrogens with zero attached hydrogens (tertiary/aromatic N) is 1. The number of nitrogens with one attached hydrogen (secondary N) is 2. The fourth-order valence-corrected chi connectivity index (χ4v) is 4.58. The van der Waals surface area contributed by atoms with E-state index in [0.717, 1.165) is 15.3 Å². The molecule has 0 atom stereocenters. The summed E-state index contributed by atoms with van der Waals surface area (Å²) in [6, 6.07) is 9.46. The van der Waals surface area contributed by atoms with Gasteiger partial charge in [-0.05, 0) is 36.8 Å². The van der Waals surface area contributed by atoms with Gasteiger partial charge in [0.1, 0.15) is 4.21 Å². The van der Waals surface area contributed by atoms with Crippen LogP contribution in [0.1, 0.15) is 10.4 Å². The molecular weight excluding hydrogens is 350 g/mol. The predicted octanol–water partition coefficient (Wildman–Crippen LogP) is 1.91. The van der Waals surface area contributed by atoms with Gasteiger partial charge in [0.15, 0.2) is 0 Å². The second-order valence-electron chi connectivity index (χ2n) is 5.31. The number of amides is 3. The maximum atomic E-state index is 12.3. The predicted molar refractivity (Wildman–Crippen MR) is 90.3 cm³/mol. The lowest BCUT2D eigenvalue weighted by atomic mass is 10.2. The molecular formula is C15H15N3O4S2. The first-order valence-electron chi connectivity index (χ1n) is 7.11. The minimum absolute atomic E-state index is 0.0109. The highest BCUT2D eigenvalue weighted by molar-refractivity contribution is 7.94. The monoisotopic (exact) mass is 365 g/mol. The van der Waals surface area contributed by atoms with E-state index in [0.29, 0.717) is 5.69 Å². The largest absolute Gasteiger partial charge is 0.329 e. The van der Waals surface area contributed by atoms with E-state index in [4.69, 9.17) is 0 Å². The van der Waals surface area contributed by atoms with Crippen LogP contribution in [0.4, 0.5) is 10.5 Å². The van der Waals surface area contributed by atoms with Crippen molar-refractivity contribution in [2.75, 3.05) is 11.3 Å². The van der Waals surface area contributed by atoms with Crippen LogP contribution in [-0.2, 0) is 21.4 Å². The SMILES string of the molecule is Cc1ccc(S(=O)(=O)Nc2ccc(CN3C(=O)CNC3=O)cc2)s1. The molecule has 0 saturated carbocycles. The average Bonchev–Trinajstić information content (AvgIpc) is 3.10. The van der Waals surface area contributed by atoms with Crippen molar-refractivity contribution in [3.05, 3.63) is 46.8 Å². The zero-order valence-electron chi connectivity index (χ0n) is 12.8. The quantitative estimate of drug-likeness (QED) is 0.791. The molecule has 24 heavy (non-hydrogen) atoms. The van der Waals surface area contributed by atoms with Gasteiger partial charge in [0.05, 0.1) is 13.1 Å². The van der Waals surface area contributed by atoms with Gasteiger partial charge >= 0.3 is 6.03 Å². The van der Waals surface area contributed by atoms with Gasteiger partial charge in [-0.3, -0.25) is 14.4 Å². The Morgan fingerprint density at radius 1 is 1.17 bits per heavy atom. The first-order chi connectivity index (χ1) is 11.3. The standard InChI is InChI=1S/C15H15N3O4S2/c1-10-2-7-14(23-10)24(21,22)17-12-5-3-11(4-6-12)9-18-13(19)8-16-15(18)20/h2-7,17H,8-9H2,1H3,(H,16,20). The molecule has 9 heteroatoms. The van der Waals surface area contributed by atoms with Gasteiger partial charge in [0.25, 0.3) is 10.0 Å². The first kappa shape index (κ1) is 16.5. The lowest BCUT2D eigenvalue weighted by Crippen LogP contribution is -2.30. The fraction of sp³-hybridized carbons (Fsp3) is 0.200. The Bertz CT molecular complexity index is 872. The highest BCUT2D eigenvalue weighted by Crippen LogP contribution is 2.23. The Labute approximate surface area is 143 Å². The molecule has 1 fully saturated rings. The van der Waals surface area contributed by atoms with Crippen LogP contribution in [0.25, 0.3) is 0 Å². The summed E-state index contributed by atoms with van der Waals surface area (Å²) < 4.78 is 27.3. The second kappa shape index (κ2) is 6.25. The summed E-state index contributed by atoms with van der Waals surface area (Å²) in [7, 11) is -3.61. The van der Waals surface area contributed by atoms with E-state index < -0.39 is 16.1 Å². The van der Waals surface area contributed by atoms with E-state index in [9.17, 15) is 18.0 Å². The number of benzene rings is 1. The number of anilines is 1. The topological polar surface area (TPSA) is 95.6 Å². The van der Waals surface area contributed by atoms with E-state index in [1.807, 2.05) is 6.92 Å². The highest BCUT2D eigenvalue weighted by atomic mass is 32.2. The second-order valence-corrected chi connectivity index (χ2v) is 8.50. The van der Waals surface area contributed by atoms with E-state index in [2.05, 4.69) is 10.0 Å². The summed E-state index contributed by atoms with van der Waals surface area (Å²) in [5.41, 5.74) is 1.15. The van der Waals surface area contributed by atoms with Gasteiger partial charge in [0, 0.05) is 10.6 Å². The molecule has 0 spiro atoms. The van der Waals surface area contributed by atoms with Crippen molar-refractivity contribution in [1.29, 1.82) is 0 Å². The van der Waals surface area contributed by atoms with E-state index in [1.165, 1.54) is 11.3 Å². The summed E-state index contributed by atoms with van der Waals surface area (Å²) in [6.45, 7) is 2.01. The summed E-state index contributed by atoms with van der Waals surface area (Å²) in [4.78, 5) is 25.1. The maximum Gasteiger partial charge on any atom is 0.324 e. The van der Waals surface area contributed by atoms with Gasteiger partial charge < -0.3 is 5.32 Å². The molecule has 0 unspecified atom stereocenters. The fourth-order valence-electron chi connectivity index (χ4n) is 2.24. The molecule has 0 aliphatic carbocycles. The maximum absolute atomic E-state index is 12.3. The molecule has 1 aliphatic heterocycles. The molecule has 3 amide bonds. The summed E-state index contributed by atoms with van der Waals surface area (Å²) in [5, 5.41) is 2.45. The van der Waals surface area contributed by atoms with Crippen molar-refractivity contribution in [2.24, 2.45) is 0 Å². The van der Waals surface area contributed by atoms with E-state index in [1.54, 1.807) is 36.4 Å². The minimum Gasteiger partial charge on any atom is -0.329 e. The van der Waals surface area contributed by atoms with Crippen molar-refractivity contribution < 1.29 is 18.0 Å². The number of hydrogen-bond acceptors (Lipinski definition) is 5. The van der Waals surface area contributed by atoms with Crippen LogP contribution < -0.4 is 10.0 Å². The molecule has 7 nitrogen and oxygen atoms in total. The van der Waals surface area contributed by atoms with Crippen LogP contribution in [0, 0.1) is 6.92 Å². The summed E-state index contributed by atoms with van der Waals surface area (Å²) in [5.74, 6) is -0.280. The van der Waals surface area contributed by atoms with E-state index in [-0.39, 0.29) is 23.2 Å². The minimum atomic E-state index is -3.61. The number of sulfonamides is 1. The third-order valence-corrected chi connectivity index (χ3v) is 6.34. The van der Waals surface area contributed by atoms with Crippen LogP contribution in [0.3, 0.4) is 0 Å². The molecule has 0 radical (unpaired) electrons. The number of carbonyl (C=O) groups is 2. The van der Waals surface area contributed by atoms with Crippen LogP contribution in [0.2, 0.25) is 0 Å². The third-order valence-electron chi connectivity index (χ3n) is 3.46. The number of hydrogen-bond donors (Lipinski definition) is 2. The first-order valence-corrected chi connectivity index (χ1v) is 9.41. The van der Waals surface area contributed by atoms with Crippen molar-refractivity contribution >= 4 is 39.0 Å². The van der Waals surface area contributed by atoms with E-state index >= 15 is 0 Å². The van der Waals surface area contributed by atoms with Crippen molar-refractivity contribution in [3.8, 4) is 0 Å². The van der Waals surface area contributed by atoms with Crippen LogP contribution >= 0.6 is 11.3 Å². The molecule has 2 aromatic rings. The van der Waals surface area contributed by atoms with Crippen molar-refractivity contribution in [1.82, 2.24) is 10.2 Å². The molecule has 1 aromatic heterocycles. The number of imide groups is 1. The molecule has 2 heterocycles. The number of carbonyl (C=O) groups excluding carboxylic acids is 2. The average molecular weight is 365 g/mol. The summed E-state index contributed by atoms with van der Waals surface area (Å²) in [6.07, 6.45) is 0. The van der Waals surface area contributed by atoms with Crippen LogP contribution in [0.15, 0.2) is 40.6 Å². The lowest BCUT2D eigenvalue weighted by Gasteiger charge is -2.13. The molecule has 126 valence electrons. The number of aryl methyl sites for hydroxylation is 1. The molecule has 0 bridgehead atoms. The van der Waals surface area contributed by atoms with Crippen molar-refractivity contribution in [2.45, 2.75) is 17.7 Å². The van der Waals surface area contributed by atoms with Gasteiger partial charge in [-0.2, -0.15) is 0 Å². The highest BCUT2D eigenvalue weighted by Gasteiger charge is 2.28. The van der Waals surface area contributed by atoms with Crippen LogP contribution in [0.5, 0.6) is 0 Å². The van der Waals surface area contributed by atoms with Crippen LogP contribution in [-0.4, -0.2) is 31.8 Å². The smallest absolute Gasteiger partial charge is 0.324 e. The lowest BCUT2D eigenvalue weighted by molar-refractivity contribution is -0.125. The Hall–Kier alpha value is -2.39. The van der Waals surface area contributed by atoms with Gasteiger partial charge in [-0.15, -0.1) is 11.3 Å². The Balaban J connectivity index is 1.71. The zero-order chi connectivity index (χ0) is 17.3. The molecule has 1 saturated heterocycles. The van der Waals surface area contributed by atoms with Crippen molar-refractivity contribution in [3.63, 3.8) is 0 Å². The van der Waals surface area contributed by atoms with Gasteiger partial charge in [-0.25, -0.2) is 13.2 Å². The molecule has 1 aromatic carbocycles. The van der Waals surface area contributed by atoms with Gasteiger partial charge in [-0.1, -0.05) is 12.1 Å². The third kappa shape index (κ3) is 3.41. The zero-order valence-corrected chi connectivity index (χ0v) is 14.4. The summed E-state index contributed by atoms with van der Waals surface area (Å²) >= 11 is 1.20. The molecule has 3 rings (SSSR count). The normalized spacial score (nSPS) is 14.8. The molecule has 1 aliphatic rings. The molecule has 2 N–H and O–H groups in total. The number of rotatable bonds is 5. The van der Waals surface area contributed by atoms with Gasteiger partial charge in [0.2, 0.25) is 5.91 Å². The Kier molecular flexibility index (Phi) is 4.29. The number of thiophene rings is 1.